The highest BCUT2D eigenvalue weighted by molar-refractivity contribution is 6.15. The molecule has 22 heavy (non-hydrogen) atoms. The van der Waals surface area contributed by atoms with E-state index < -0.39 is 0 Å². The van der Waals surface area contributed by atoms with Crippen molar-refractivity contribution in [1.82, 2.24) is 4.98 Å². The van der Waals surface area contributed by atoms with Gasteiger partial charge in [-0.15, -0.1) is 0 Å². The van der Waals surface area contributed by atoms with Crippen molar-refractivity contribution in [2.45, 2.75) is 19.3 Å². The Morgan fingerprint density at radius 3 is 3.05 bits per heavy atom. The van der Waals surface area contributed by atoms with Gasteiger partial charge in [-0.05, 0) is 59.9 Å². The molecular formula is C19H18N2O. The van der Waals surface area contributed by atoms with Crippen LogP contribution in [0.25, 0.3) is 6.08 Å². The molecule has 0 unspecified atom stereocenters. The maximum Gasteiger partial charge on any atom is 0.122 e. The van der Waals surface area contributed by atoms with Crippen LogP contribution in [-0.2, 0) is 6.42 Å². The first kappa shape index (κ1) is 13.3. The van der Waals surface area contributed by atoms with E-state index in [-0.39, 0.29) is 0 Å². The monoisotopic (exact) mass is 290 g/mol. The topological polar surface area (TPSA) is 34.5 Å². The molecule has 2 aliphatic rings. The normalized spacial score (nSPS) is 18.7. The van der Waals surface area contributed by atoms with Gasteiger partial charge in [0.25, 0.3) is 0 Å². The van der Waals surface area contributed by atoms with Crippen molar-refractivity contribution in [2.75, 3.05) is 13.2 Å². The van der Waals surface area contributed by atoms with Crippen LogP contribution in [0.1, 0.15) is 29.5 Å². The predicted molar refractivity (Wildman–Crippen MR) is 88.5 cm³/mol. The summed E-state index contributed by atoms with van der Waals surface area (Å²) in [6.45, 7) is 1.71. The van der Waals surface area contributed by atoms with Crippen LogP contribution in [0, 0.1) is 0 Å². The van der Waals surface area contributed by atoms with E-state index in [9.17, 15) is 0 Å². The van der Waals surface area contributed by atoms with E-state index in [1.54, 1.807) is 6.20 Å². The SMILES string of the molecule is C(=C1/CCCN=C1c1cccnc1)/c1ccc2c(c1)CCO2. The second-order valence-electron chi connectivity index (χ2n) is 5.71. The molecule has 3 heterocycles. The Kier molecular flexibility index (Phi) is 3.47. The van der Waals surface area contributed by atoms with E-state index >= 15 is 0 Å². The number of allylic oxidation sites excluding steroid dienone is 1. The Labute approximate surface area is 130 Å². The molecule has 0 saturated heterocycles. The van der Waals surface area contributed by atoms with Gasteiger partial charge in [-0.1, -0.05) is 6.07 Å². The molecule has 2 aromatic rings. The Morgan fingerprint density at radius 2 is 2.14 bits per heavy atom. The molecule has 0 spiro atoms. The molecule has 0 saturated carbocycles. The maximum atomic E-state index is 5.58. The van der Waals surface area contributed by atoms with E-state index in [4.69, 9.17) is 9.73 Å². The third kappa shape index (κ3) is 2.54. The van der Waals surface area contributed by atoms with Crippen LogP contribution in [0.3, 0.4) is 0 Å². The number of ether oxygens (including phenoxy) is 1. The molecule has 0 radical (unpaired) electrons. The van der Waals surface area contributed by atoms with Crippen LogP contribution in [0.2, 0.25) is 0 Å². The highest BCUT2D eigenvalue weighted by atomic mass is 16.5. The average molecular weight is 290 g/mol. The molecule has 3 nitrogen and oxygen atoms in total. The summed E-state index contributed by atoms with van der Waals surface area (Å²) in [7, 11) is 0. The lowest BCUT2D eigenvalue weighted by Crippen LogP contribution is -2.11. The van der Waals surface area contributed by atoms with Gasteiger partial charge in [0.05, 0.1) is 12.3 Å². The van der Waals surface area contributed by atoms with Gasteiger partial charge in [-0.3, -0.25) is 9.98 Å². The van der Waals surface area contributed by atoms with E-state index in [1.165, 1.54) is 16.7 Å². The Hall–Kier alpha value is -2.42. The largest absolute Gasteiger partial charge is 0.493 e. The number of aliphatic imine (C=N–C) groups is 1. The molecule has 0 bridgehead atoms. The highest BCUT2D eigenvalue weighted by Gasteiger charge is 2.15. The Morgan fingerprint density at radius 1 is 1.14 bits per heavy atom. The van der Waals surface area contributed by atoms with Crippen molar-refractivity contribution in [1.29, 1.82) is 0 Å². The zero-order valence-corrected chi connectivity index (χ0v) is 12.5. The maximum absolute atomic E-state index is 5.58. The minimum absolute atomic E-state index is 0.803. The lowest BCUT2D eigenvalue weighted by atomic mass is 9.94. The van der Waals surface area contributed by atoms with Crippen molar-refractivity contribution >= 4 is 11.8 Å². The molecule has 4 rings (SSSR count). The summed E-state index contributed by atoms with van der Waals surface area (Å²) in [6.07, 6.45) is 9.16. The van der Waals surface area contributed by atoms with Crippen LogP contribution < -0.4 is 4.74 Å². The first-order valence-electron chi connectivity index (χ1n) is 7.82. The van der Waals surface area contributed by atoms with Crippen molar-refractivity contribution < 1.29 is 4.74 Å². The molecule has 2 aliphatic heterocycles. The lowest BCUT2D eigenvalue weighted by molar-refractivity contribution is 0.357. The fraction of sp³-hybridized carbons (Fsp3) is 0.263. The van der Waals surface area contributed by atoms with E-state index in [0.29, 0.717) is 0 Å². The lowest BCUT2D eigenvalue weighted by Gasteiger charge is -2.16. The predicted octanol–water partition coefficient (Wildman–Crippen LogP) is 3.68. The Balaban J connectivity index is 1.70. The third-order valence-electron chi connectivity index (χ3n) is 4.17. The standard InChI is InChI=1S/C19H18N2O/c1-4-17(13-20-8-1)19-16(3-2-9-21-19)12-14-5-6-18-15(11-14)7-10-22-18/h1,4-6,8,11-13H,2-3,7,9-10H2/b16-12+. The Bertz CT molecular complexity index is 747. The number of benzene rings is 1. The summed E-state index contributed by atoms with van der Waals surface area (Å²) in [5.74, 6) is 1.03. The molecule has 1 aromatic heterocycles. The highest BCUT2D eigenvalue weighted by Crippen LogP contribution is 2.28. The van der Waals surface area contributed by atoms with Gasteiger partial charge in [0.1, 0.15) is 5.75 Å². The molecule has 0 aliphatic carbocycles. The van der Waals surface area contributed by atoms with Crippen molar-refractivity contribution in [2.24, 2.45) is 4.99 Å². The quantitative estimate of drug-likeness (QED) is 0.845. The number of fused-ring (bicyclic) bond motifs is 1. The van der Waals surface area contributed by atoms with Crippen molar-refractivity contribution in [3.05, 3.63) is 65.0 Å². The molecule has 0 amide bonds. The van der Waals surface area contributed by atoms with Gasteiger partial charge < -0.3 is 4.74 Å². The number of pyridine rings is 1. The second kappa shape index (κ2) is 5.76. The van der Waals surface area contributed by atoms with E-state index in [0.717, 1.165) is 49.4 Å². The molecular weight excluding hydrogens is 272 g/mol. The number of hydrogen-bond acceptors (Lipinski definition) is 3. The molecule has 0 fully saturated rings. The van der Waals surface area contributed by atoms with Crippen molar-refractivity contribution in [3.8, 4) is 5.75 Å². The second-order valence-corrected chi connectivity index (χ2v) is 5.71. The minimum atomic E-state index is 0.803. The number of nitrogens with zero attached hydrogens (tertiary/aromatic N) is 2. The van der Waals surface area contributed by atoms with E-state index in [2.05, 4.69) is 35.3 Å². The van der Waals surface area contributed by atoms with Crippen LogP contribution in [-0.4, -0.2) is 23.8 Å². The summed E-state index contributed by atoms with van der Waals surface area (Å²) >= 11 is 0. The summed E-state index contributed by atoms with van der Waals surface area (Å²) in [5, 5.41) is 0. The first-order valence-corrected chi connectivity index (χ1v) is 7.82. The molecule has 0 N–H and O–H groups in total. The number of aromatic nitrogens is 1. The fourth-order valence-corrected chi connectivity index (χ4v) is 3.10. The first-order chi connectivity index (χ1) is 10.9. The van der Waals surface area contributed by atoms with Crippen LogP contribution in [0.15, 0.2) is 53.3 Å². The van der Waals surface area contributed by atoms with Crippen LogP contribution >= 0.6 is 0 Å². The van der Waals surface area contributed by atoms with Crippen LogP contribution in [0.4, 0.5) is 0 Å². The van der Waals surface area contributed by atoms with Gasteiger partial charge in [0.2, 0.25) is 0 Å². The summed E-state index contributed by atoms with van der Waals surface area (Å²) in [6, 6.07) is 10.5. The molecule has 110 valence electrons. The van der Waals surface area contributed by atoms with Gasteiger partial charge in [-0.25, -0.2) is 0 Å². The van der Waals surface area contributed by atoms with Gasteiger partial charge >= 0.3 is 0 Å². The minimum Gasteiger partial charge on any atom is -0.493 e. The summed E-state index contributed by atoms with van der Waals surface area (Å²) in [4.78, 5) is 8.96. The van der Waals surface area contributed by atoms with Crippen molar-refractivity contribution in [3.63, 3.8) is 0 Å². The molecule has 3 heteroatoms. The zero-order valence-electron chi connectivity index (χ0n) is 12.5. The number of rotatable bonds is 2. The summed E-state index contributed by atoms with van der Waals surface area (Å²) in [5.41, 5.74) is 6.05. The fourth-order valence-electron chi connectivity index (χ4n) is 3.10. The third-order valence-corrected chi connectivity index (χ3v) is 4.17. The molecule has 0 atom stereocenters. The van der Waals surface area contributed by atoms with Crippen LogP contribution in [0.5, 0.6) is 5.75 Å². The van der Waals surface area contributed by atoms with Gasteiger partial charge in [0, 0.05) is 30.9 Å². The number of hydrogen-bond donors (Lipinski definition) is 0. The van der Waals surface area contributed by atoms with Gasteiger partial charge in [-0.2, -0.15) is 0 Å². The zero-order chi connectivity index (χ0) is 14.8. The van der Waals surface area contributed by atoms with E-state index in [1.807, 2.05) is 12.3 Å². The van der Waals surface area contributed by atoms with Gasteiger partial charge in [0.15, 0.2) is 0 Å². The molecule has 1 aromatic carbocycles. The average Bonchev–Trinajstić information content (AvgIpc) is 3.04. The summed E-state index contributed by atoms with van der Waals surface area (Å²) < 4.78 is 5.58. The smallest absolute Gasteiger partial charge is 0.122 e.